The molecule has 1 atom stereocenters. The summed E-state index contributed by atoms with van der Waals surface area (Å²) in [6.45, 7) is 7.40. The Morgan fingerprint density at radius 3 is 2.14 bits per heavy atom. The number of carbonyl (C=O) groups excluding carboxylic acids is 2. The molecule has 0 radical (unpaired) electrons. The average Bonchev–Trinajstić information content (AvgIpc) is 3.00. The molecule has 1 N–H and O–H groups in total. The summed E-state index contributed by atoms with van der Waals surface area (Å²) in [6, 6.07) is 15.0. The van der Waals surface area contributed by atoms with Gasteiger partial charge < -0.3 is 19.7 Å². The molecule has 0 saturated carbocycles. The fourth-order valence-corrected chi connectivity index (χ4v) is 6.25. The summed E-state index contributed by atoms with van der Waals surface area (Å²) in [6.07, 6.45) is 0.290. The van der Waals surface area contributed by atoms with Crippen molar-refractivity contribution in [2.75, 3.05) is 31.6 Å². The zero-order chi connectivity index (χ0) is 32.6. The number of anilines is 1. The van der Waals surface area contributed by atoms with Crippen molar-refractivity contribution in [2.24, 2.45) is 5.92 Å². The Labute approximate surface area is 270 Å². The normalized spacial score (nSPS) is 12.0. The van der Waals surface area contributed by atoms with Crippen LogP contribution in [-0.4, -0.2) is 58.5 Å². The van der Waals surface area contributed by atoms with E-state index in [0.717, 1.165) is 9.87 Å². The first-order valence-corrected chi connectivity index (χ1v) is 16.3. The minimum Gasteiger partial charge on any atom is -0.493 e. The fourth-order valence-electron chi connectivity index (χ4n) is 4.52. The molecule has 44 heavy (non-hydrogen) atoms. The first-order chi connectivity index (χ1) is 20.8. The number of hydrogen-bond acceptors (Lipinski definition) is 6. The van der Waals surface area contributed by atoms with Crippen LogP contribution in [0.15, 0.2) is 65.6 Å². The predicted molar refractivity (Wildman–Crippen MR) is 174 cm³/mol. The highest BCUT2D eigenvalue weighted by Gasteiger charge is 2.34. The van der Waals surface area contributed by atoms with Gasteiger partial charge in [0.25, 0.3) is 10.0 Å². The van der Waals surface area contributed by atoms with E-state index in [1.165, 1.54) is 43.4 Å². The Kier molecular flexibility index (Phi) is 12.3. The van der Waals surface area contributed by atoms with Crippen molar-refractivity contribution in [2.45, 2.75) is 51.6 Å². The maximum atomic E-state index is 14.3. The maximum Gasteiger partial charge on any atom is 0.264 e. The van der Waals surface area contributed by atoms with Crippen LogP contribution in [-0.2, 0) is 26.2 Å². The minimum absolute atomic E-state index is 0.00318. The third-order valence-electron chi connectivity index (χ3n) is 6.95. The van der Waals surface area contributed by atoms with Crippen LogP contribution in [0, 0.1) is 12.8 Å². The van der Waals surface area contributed by atoms with Gasteiger partial charge in [0.1, 0.15) is 12.6 Å². The van der Waals surface area contributed by atoms with Crippen molar-refractivity contribution in [3.05, 3.63) is 81.8 Å². The number of halogens is 2. The molecular formula is C32H39Cl2N3O6S. The number of benzene rings is 3. The molecule has 3 aromatic carbocycles. The molecule has 3 aromatic rings. The standard InChI is InChI=1S/C32H39Cl2N3O6S/c1-7-28(32(39)35-18-21(2)3)36(19-23-10-14-26(33)27(34)16-23)31(38)20-37(24-11-15-29(42-5)30(17-24)43-6)44(40,41)25-12-8-22(4)9-13-25/h8-17,21,28H,7,18-20H2,1-6H3,(H,35,39)/t28-/m0/s1. The highest BCUT2D eigenvalue weighted by molar-refractivity contribution is 7.92. The van der Waals surface area contributed by atoms with Crippen LogP contribution in [0.2, 0.25) is 10.0 Å². The molecule has 0 heterocycles. The van der Waals surface area contributed by atoms with Crippen LogP contribution < -0.4 is 19.1 Å². The minimum atomic E-state index is -4.25. The zero-order valence-electron chi connectivity index (χ0n) is 25.8. The lowest BCUT2D eigenvalue weighted by Gasteiger charge is -2.33. The van der Waals surface area contributed by atoms with Gasteiger partial charge >= 0.3 is 0 Å². The zero-order valence-corrected chi connectivity index (χ0v) is 28.1. The Morgan fingerprint density at radius 1 is 0.909 bits per heavy atom. The van der Waals surface area contributed by atoms with E-state index in [2.05, 4.69) is 5.32 Å². The second-order valence-corrected chi connectivity index (χ2v) is 13.4. The van der Waals surface area contributed by atoms with Crippen molar-refractivity contribution in [1.29, 1.82) is 0 Å². The Balaban J connectivity index is 2.12. The molecule has 9 nitrogen and oxygen atoms in total. The monoisotopic (exact) mass is 663 g/mol. The number of nitrogens with zero attached hydrogens (tertiary/aromatic N) is 2. The summed E-state index contributed by atoms with van der Waals surface area (Å²) >= 11 is 12.4. The second-order valence-electron chi connectivity index (χ2n) is 10.7. The van der Waals surface area contributed by atoms with Gasteiger partial charge in [0.05, 0.1) is 34.8 Å². The molecule has 0 bridgehead atoms. The highest BCUT2D eigenvalue weighted by Crippen LogP contribution is 2.34. The van der Waals surface area contributed by atoms with E-state index in [1.807, 2.05) is 20.8 Å². The highest BCUT2D eigenvalue weighted by atomic mass is 35.5. The lowest BCUT2D eigenvalue weighted by Crippen LogP contribution is -2.52. The first-order valence-electron chi connectivity index (χ1n) is 14.1. The fraction of sp³-hybridized carbons (Fsp3) is 0.375. The number of ether oxygens (including phenoxy) is 2. The van der Waals surface area contributed by atoms with Crippen LogP contribution in [0.5, 0.6) is 11.5 Å². The molecule has 0 fully saturated rings. The van der Waals surface area contributed by atoms with Crippen molar-refractivity contribution < 1.29 is 27.5 Å². The lowest BCUT2D eigenvalue weighted by atomic mass is 10.1. The molecule has 0 aliphatic carbocycles. The summed E-state index contributed by atoms with van der Waals surface area (Å²) in [7, 11) is -1.35. The molecule has 0 aromatic heterocycles. The smallest absolute Gasteiger partial charge is 0.264 e. The largest absolute Gasteiger partial charge is 0.493 e. The van der Waals surface area contributed by atoms with Crippen LogP contribution in [0.1, 0.15) is 38.3 Å². The van der Waals surface area contributed by atoms with E-state index in [9.17, 15) is 18.0 Å². The molecule has 12 heteroatoms. The van der Waals surface area contributed by atoms with E-state index >= 15 is 0 Å². The SMILES string of the molecule is CC[C@@H](C(=O)NCC(C)C)N(Cc1ccc(Cl)c(Cl)c1)C(=O)CN(c1ccc(OC)c(OC)c1)S(=O)(=O)c1ccc(C)cc1. The first kappa shape index (κ1) is 35.0. The number of sulfonamides is 1. The van der Waals surface area contributed by atoms with E-state index in [4.69, 9.17) is 32.7 Å². The Morgan fingerprint density at radius 2 is 1.57 bits per heavy atom. The number of methoxy groups -OCH3 is 2. The lowest BCUT2D eigenvalue weighted by molar-refractivity contribution is -0.140. The molecule has 0 aliphatic rings. The number of amides is 2. The molecule has 0 unspecified atom stereocenters. The number of rotatable bonds is 14. The van der Waals surface area contributed by atoms with Gasteiger partial charge in [0, 0.05) is 19.2 Å². The van der Waals surface area contributed by atoms with Gasteiger partial charge in [0.15, 0.2) is 11.5 Å². The Hall–Kier alpha value is -3.47. The van der Waals surface area contributed by atoms with Crippen molar-refractivity contribution >= 4 is 50.7 Å². The molecular weight excluding hydrogens is 625 g/mol. The summed E-state index contributed by atoms with van der Waals surface area (Å²) in [4.78, 5) is 29.0. The van der Waals surface area contributed by atoms with Gasteiger partial charge in [-0.1, -0.05) is 67.7 Å². The number of nitrogens with one attached hydrogen (secondary N) is 1. The van der Waals surface area contributed by atoms with Gasteiger partial charge in [0.2, 0.25) is 11.8 Å². The van der Waals surface area contributed by atoms with Gasteiger partial charge in [-0.05, 0) is 61.2 Å². The molecule has 0 saturated heterocycles. The third-order valence-corrected chi connectivity index (χ3v) is 9.48. The number of hydrogen-bond donors (Lipinski definition) is 1. The number of carbonyl (C=O) groups is 2. The van der Waals surface area contributed by atoms with Crippen molar-refractivity contribution in [3.63, 3.8) is 0 Å². The maximum absolute atomic E-state index is 14.3. The molecule has 0 aliphatic heterocycles. The van der Waals surface area contributed by atoms with Crippen LogP contribution >= 0.6 is 23.2 Å². The summed E-state index contributed by atoms with van der Waals surface area (Å²) < 4.78 is 40.0. The quantitative estimate of drug-likeness (QED) is 0.224. The molecule has 3 rings (SSSR count). The van der Waals surface area contributed by atoms with Crippen LogP contribution in [0.25, 0.3) is 0 Å². The van der Waals surface area contributed by atoms with Crippen molar-refractivity contribution in [3.8, 4) is 11.5 Å². The van der Waals surface area contributed by atoms with E-state index < -0.39 is 28.5 Å². The molecule has 0 spiro atoms. The average molecular weight is 665 g/mol. The van der Waals surface area contributed by atoms with E-state index in [-0.39, 0.29) is 41.1 Å². The van der Waals surface area contributed by atoms with Crippen LogP contribution in [0.3, 0.4) is 0 Å². The second kappa shape index (κ2) is 15.5. The predicted octanol–water partition coefficient (Wildman–Crippen LogP) is 6.09. The van der Waals surface area contributed by atoms with Gasteiger partial charge in [-0.15, -0.1) is 0 Å². The Bertz CT molecular complexity index is 1560. The summed E-state index contributed by atoms with van der Waals surface area (Å²) in [5.74, 6) is -0.0595. The summed E-state index contributed by atoms with van der Waals surface area (Å²) in [5, 5.41) is 3.55. The van der Waals surface area contributed by atoms with Gasteiger partial charge in [-0.3, -0.25) is 13.9 Å². The van der Waals surface area contributed by atoms with Crippen molar-refractivity contribution in [1.82, 2.24) is 10.2 Å². The summed E-state index contributed by atoms with van der Waals surface area (Å²) in [5.41, 5.74) is 1.69. The van der Waals surface area contributed by atoms with E-state index in [1.54, 1.807) is 43.3 Å². The van der Waals surface area contributed by atoms with Crippen LogP contribution in [0.4, 0.5) is 5.69 Å². The van der Waals surface area contributed by atoms with Gasteiger partial charge in [-0.25, -0.2) is 8.42 Å². The molecule has 2 amide bonds. The molecule has 238 valence electrons. The topological polar surface area (TPSA) is 105 Å². The van der Waals surface area contributed by atoms with E-state index in [0.29, 0.717) is 27.9 Å². The number of aryl methyl sites for hydroxylation is 1. The third kappa shape index (κ3) is 8.58. The van der Waals surface area contributed by atoms with Gasteiger partial charge in [-0.2, -0.15) is 0 Å².